The van der Waals surface area contributed by atoms with Crippen LogP contribution in [-0.2, 0) is 12.8 Å². The summed E-state index contributed by atoms with van der Waals surface area (Å²) in [5.41, 5.74) is 1.25. The molecule has 0 saturated heterocycles. The molecule has 1 aliphatic carbocycles. The first-order valence-electron chi connectivity index (χ1n) is 5.52. The van der Waals surface area contributed by atoms with Crippen molar-refractivity contribution in [2.24, 2.45) is 4.99 Å². The maximum atomic E-state index is 4.45. The summed E-state index contributed by atoms with van der Waals surface area (Å²) in [6, 6.07) is 0.635. The lowest BCUT2D eigenvalue weighted by Crippen LogP contribution is -2.34. The molecule has 0 fully saturated rings. The van der Waals surface area contributed by atoms with E-state index < -0.39 is 0 Å². The topological polar surface area (TPSA) is 37.3 Å². The molecule has 4 heteroatoms. The van der Waals surface area contributed by atoms with E-state index in [1.807, 2.05) is 0 Å². The average Bonchev–Trinajstić information content (AvgIpc) is 2.68. The molecule has 1 atom stereocenters. The van der Waals surface area contributed by atoms with E-state index in [4.69, 9.17) is 0 Å². The van der Waals surface area contributed by atoms with Crippen LogP contribution in [0.15, 0.2) is 4.99 Å². The van der Waals surface area contributed by atoms with Crippen molar-refractivity contribution in [3.63, 3.8) is 0 Å². The Morgan fingerprint density at radius 1 is 1.67 bits per heavy atom. The highest BCUT2D eigenvalue weighted by atomic mass is 32.1. The van der Waals surface area contributed by atoms with Crippen molar-refractivity contribution in [1.82, 2.24) is 10.3 Å². The van der Waals surface area contributed by atoms with Crippen LogP contribution >= 0.6 is 11.3 Å². The molecule has 0 spiro atoms. The largest absolute Gasteiger partial charge is 0.314 e. The summed E-state index contributed by atoms with van der Waals surface area (Å²) in [5.74, 6) is 0. The Kier molecular flexibility index (Phi) is 3.49. The molecule has 1 aromatic rings. The summed E-state index contributed by atoms with van der Waals surface area (Å²) in [6.07, 6.45) is 4.60. The molecule has 2 rings (SSSR count). The summed E-state index contributed by atoms with van der Waals surface area (Å²) in [7, 11) is 0. The van der Waals surface area contributed by atoms with Gasteiger partial charge in [0.1, 0.15) is 0 Å². The van der Waals surface area contributed by atoms with E-state index in [9.17, 15) is 0 Å². The van der Waals surface area contributed by atoms with Crippen molar-refractivity contribution < 1.29 is 0 Å². The van der Waals surface area contributed by atoms with Gasteiger partial charge in [0.2, 0.25) is 5.13 Å². The van der Waals surface area contributed by atoms with Crippen LogP contribution in [0, 0.1) is 0 Å². The summed E-state index contributed by atoms with van der Waals surface area (Å²) in [4.78, 5) is 9.75. The third-order valence-corrected chi connectivity index (χ3v) is 3.80. The number of aryl methyl sites for hydroxylation is 1. The zero-order valence-corrected chi connectivity index (χ0v) is 9.94. The van der Waals surface area contributed by atoms with Gasteiger partial charge in [-0.25, -0.2) is 9.98 Å². The Morgan fingerprint density at radius 2 is 2.53 bits per heavy atom. The van der Waals surface area contributed by atoms with Gasteiger partial charge in [0.15, 0.2) is 0 Å². The quantitative estimate of drug-likeness (QED) is 0.795. The van der Waals surface area contributed by atoms with Gasteiger partial charge in [-0.1, -0.05) is 18.3 Å². The zero-order valence-electron chi connectivity index (χ0n) is 9.12. The molecular weight excluding hydrogens is 206 g/mol. The van der Waals surface area contributed by atoms with Crippen LogP contribution in [0.1, 0.15) is 30.3 Å². The molecule has 0 aromatic carbocycles. The standard InChI is InChI=1S/C11H17N3S/c1-3-6-13-8-4-5-9-10(7-8)15-11(12-2)14-9/h8,13H,2-7H2,1H3/t8-/m1/s1. The minimum absolute atomic E-state index is 0.635. The lowest BCUT2D eigenvalue weighted by atomic mass is 9.98. The summed E-state index contributed by atoms with van der Waals surface area (Å²) >= 11 is 1.69. The first-order valence-corrected chi connectivity index (χ1v) is 6.33. The van der Waals surface area contributed by atoms with Gasteiger partial charge >= 0.3 is 0 Å². The lowest BCUT2D eigenvalue weighted by Gasteiger charge is -2.21. The second-order valence-corrected chi connectivity index (χ2v) is 4.98. The molecule has 0 bridgehead atoms. The third-order valence-electron chi connectivity index (χ3n) is 2.75. The number of aliphatic imine (C=N–C) groups is 1. The molecule has 0 unspecified atom stereocenters. The van der Waals surface area contributed by atoms with Crippen molar-refractivity contribution in [2.45, 2.75) is 38.6 Å². The van der Waals surface area contributed by atoms with E-state index >= 15 is 0 Å². The Labute approximate surface area is 94.7 Å². The molecule has 0 amide bonds. The van der Waals surface area contributed by atoms with Crippen LogP contribution in [0.4, 0.5) is 5.13 Å². The smallest absolute Gasteiger partial charge is 0.208 e. The predicted molar refractivity (Wildman–Crippen MR) is 65.4 cm³/mol. The maximum absolute atomic E-state index is 4.45. The molecular formula is C11H17N3S. The van der Waals surface area contributed by atoms with Gasteiger partial charge in [0.25, 0.3) is 0 Å². The first-order chi connectivity index (χ1) is 7.33. The van der Waals surface area contributed by atoms with Crippen LogP contribution < -0.4 is 5.32 Å². The number of fused-ring (bicyclic) bond motifs is 1. The Balaban J connectivity index is 2.02. The molecule has 15 heavy (non-hydrogen) atoms. The number of aromatic nitrogens is 1. The summed E-state index contributed by atoms with van der Waals surface area (Å²) < 4.78 is 0. The number of hydrogen-bond donors (Lipinski definition) is 1. The molecule has 0 aliphatic heterocycles. The average molecular weight is 223 g/mol. The van der Waals surface area contributed by atoms with E-state index in [1.54, 1.807) is 11.3 Å². The molecule has 1 heterocycles. The fraction of sp³-hybridized carbons (Fsp3) is 0.636. The van der Waals surface area contributed by atoms with E-state index in [0.29, 0.717) is 6.04 Å². The van der Waals surface area contributed by atoms with Crippen molar-refractivity contribution in [2.75, 3.05) is 6.54 Å². The Morgan fingerprint density at radius 3 is 3.27 bits per heavy atom. The summed E-state index contributed by atoms with van der Waals surface area (Å²) in [6.45, 7) is 6.84. The number of hydrogen-bond acceptors (Lipinski definition) is 4. The maximum Gasteiger partial charge on any atom is 0.208 e. The molecule has 82 valence electrons. The van der Waals surface area contributed by atoms with Crippen LogP contribution in [0.5, 0.6) is 0 Å². The third kappa shape index (κ3) is 2.44. The highest BCUT2D eigenvalue weighted by Crippen LogP contribution is 2.30. The monoisotopic (exact) mass is 223 g/mol. The van der Waals surface area contributed by atoms with E-state index in [1.165, 1.54) is 23.4 Å². The van der Waals surface area contributed by atoms with Crippen LogP contribution in [-0.4, -0.2) is 24.3 Å². The van der Waals surface area contributed by atoms with Gasteiger partial charge in [-0.3, -0.25) is 0 Å². The minimum Gasteiger partial charge on any atom is -0.314 e. The predicted octanol–water partition coefficient (Wildman–Crippen LogP) is 2.33. The van der Waals surface area contributed by atoms with Gasteiger partial charge in [-0.15, -0.1) is 0 Å². The van der Waals surface area contributed by atoms with Gasteiger partial charge in [-0.05, 0) is 38.9 Å². The van der Waals surface area contributed by atoms with Gasteiger partial charge in [-0.2, -0.15) is 0 Å². The first kappa shape index (κ1) is 10.8. The zero-order chi connectivity index (χ0) is 10.7. The Bertz CT molecular complexity index is 346. The van der Waals surface area contributed by atoms with Crippen LogP contribution in [0.25, 0.3) is 0 Å². The van der Waals surface area contributed by atoms with Crippen molar-refractivity contribution in [1.29, 1.82) is 0 Å². The Hall–Kier alpha value is -0.740. The van der Waals surface area contributed by atoms with Crippen molar-refractivity contribution in [3.05, 3.63) is 10.6 Å². The van der Waals surface area contributed by atoms with Gasteiger partial charge < -0.3 is 5.32 Å². The number of nitrogens with one attached hydrogen (secondary N) is 1. The summed E-state index contributed by atoms with van der Waals surface area (Å²) in [5, 5.41) is 4.40. The highest BCUT2D eigenvalue weighted by Gasteiger charge is 2.21. The molecule has 1 N–H and O–H groups in total. The number of rotatable bonds is 4. The normalized spacial score (nSPS) is 19.9. The van der Waals surface area contributed by atoms with Crippen LogP contribution in [0.2, 0.25) is 0 Å². The fourth-order valence-corrected chi connectivity index (χ4v) is 2.94. The fourth-order valence-electron chi connectivity index (χ4n) is 1.95. The molecule has 1 aromatic heterocycles. The number of nitrogens with zero attached hydrogens (tertiary/aromatic N) is 2. The van der Waals surface area contributed by atoms with E-state index in [-0.39, 0.29) is 0 Å². The highest BCUT2D eigenvalue weighted by molar-refractivity contribution is 7.15. The lowest BCUT2D eigenvalue weighted by molar-refractivity contribution is 0.460. The van der Waals surface area contributed by atoms with Gasteiger partial charge in [0.05, 0.1) is 5.69 Å². The number of thiazole rings is 1. The molecule has 3 nitrogen and oxygen atoms in total. The molecule has 0 radical (unpaired) electrons. The molecule has 1 aliphatic rings. The second-order valence-electron chi connectivity index (χ2n) is 3.92. The van der Waals surface area contributed by atoms with E-state index in [2.05, 4.69) is 28.9 Å². The van der Waals surface area contributed by atoms with E-state index in [0.717, 1.165) is 24.5 Å². The van der Waals surface area contributed by atoms with Crippen molar-refractivity contribution >= 4 is 23.2 Å². The molecule has 0 saturated carbocycles. The SMILES string of the molecule is C=Nc1nc2c(s1)C[C@H](NCCC)CC2. The van der Waals surface area contributed by atoms with Gasteiger partial charge in [0, 0.05) is 10.9 Å². The minimum atomic E-state index is 0.635. The second kappa shape index (κ2) is 4.86. The van der Waals surface area contributed by atoms with Crippen molar-refractivity contribution in [3.8, 4) is 0 Å². The van der Waals surface area contributed by atoms with Crippen LogP contribution in [0.3, 0.4) is 0 Å².